The quantitative estimate of drug-likeness (QED) is 0.594. The summed E-state index contributed by atoms with van der Waals surface area (Å²) < 4.78 is 0. The van der Waals surface area contributed by atoms with Crippen LogP contribution in [-0.4, -0.2) is 62.8 Å². The molecule has 4 heterocycles. The highest BCUT2D eigenvalue weighted by molar-refractivity contribution is 5.72. The predicted molar refractivity (Wildman–Crippen MR) is 116 cm³/mol. The summed E-state index contributed by atoms with van der Waals surface area (Å²) in [6.07, 6.45) is 8.21. The van der Waals surface area contributed by atoms with E-state index in [0.717, 1.165) is 54.6 Å². The van der Waals surface area contributed by atoms with Gasteiger partial charge in [-0.05, 0) is 47.5 Å². The Morgan fingerprint density at radius 3 is 2.67 bits per heavy atom. The molecule has 3 aromatic heterocycles. The van der Waals surface area contributed by atoms with Crippen molar-refractivity contribution in [3.8, 4) is 22.6 Å². The zero-order chi connectivity index (χ0) is 20.2. The number of tetrazole rings is 1. The van der Waals surface area contributed by atoms with Crippen molar-refractivity contribution in [3.63, 3.8) is 0 Å². The highest BCUT2D eigenvalue weighted by atomic mass is 15.5. The van der Waals surface area contributed by atoms with Gasteiger partial charge in [0.15, 0.2) is 5.82 Å². The highest BCUT2D eigenvalue weighted by Crippen LogP contribution is 2.29. The summed E-state index contributed by atoms with van der Waals surface area (Å²) >= 11 is 0. The van der Waals surface area contributed by atoms with Gasteiger partial charge in [0.25, 0.3) is 0 Å². The van der Waals surface area contributed by atoms with Gasteiger partial charge in [-0.15, -0.1) is 5.10 Å². The molecule has 0 atom stereocenters. The molecule has 0 spiro atoms. The summed E-state index contributed by atoms with van der Waals surface area (Å²) in [6.45, 7) is 3.76. The number of nitrogens with one attached hydrogen (secondary N) is 3. The lowest BCUT2D eigenvalue weighted by Crippen LogP contribution is -2.43. The molecule has 3 aromatic rings. The Bertz CT molecular complexity index is 960. The molecule has 9 heteroatoms. The fourth-order valence-corrected chi connectivity index (χ4v) is 4.26. The van der Waals surface area contributed by atoms with E-state index in [4.69, 9.17) is 4.98 Å². The van der Waals surface area contributed by atoms with Crippen molar-refractivity contribution >= 4 is 11.6 Å². The van der Waals surface area contributed by atoms with Crippen molar-refractivity contribution in [3.05, 3.63) is 30.5 Å². The first kappa shape index (κ1) is 18.9. The number of rotatable bonds is 5. The zero-order valence-corrected chi connectivity index (χ0v) is 17.0. The second-order valence-electron chi connectivity index (χ2n) is 8.00. The van der Waals surface area contributed by atoms with Crippen LogP contribution in [0.2, 0.25) is 0 Å². The highest BCUT2D eigenvalue weighted by Gasteiger charge is 2.17. The van der Waals surface area contributed by atoms with Crippen LogP contribution in [0, 0.1) is 0 Å². The number of aromatic amines is 1. The molecule has 1 aliphatic heterocycles. The fourth-order valence-electron chi connectivity index (χ4n) is 4.26. The summed E-state index contributed by atoms with van der Waals surface area (Å²) in [5.74, 6) is 2.50. The topological polar surface area (TPSA) is 108 Å². The molecule has 0 unspecified atom stereocenters. The summed E-state index contributed by atoms with van der Waals surface area (Å²) in [5.41, 5.74) is 2.86. The van der Waals surface area contributed by atoms with Crippen LogP contribution in [-0.2, 0) is 0 Å². The molecule has 1 aliphatic carbocycles. The molecule has 1 saturated carbocycles. The van der Waals surface area contributed by atoms with Gasteiger partial charge in [0, 0.05) is 49.5 Å². The van der Waals surface area contributed by atoms with E-state index in [0.29, 0.717) is 11.9 Å². The largest absolute Gasteiger partial charge is 0.367 e. The lowest BCUT2D eigenvalue weighted by atomic mass is 9.95. The number of nitrogens with zero attached hydrogens (tertiary/aromatic N) is 6. The van der Waals surface area contributed by atoms with Crippen molar-refractivity contribution in [2.24, 2.45) is 0 Å². The summed E-state index contributed by atoms with van der Waals surface area (Å²) in [7, 11) is 0. The fraction of sp³-hybridized carbons (Fsp3) is 0.476. The molecular weight excluding hydrogens is 378 g/mol. The van der Waals surface area contributed by atoms with Gasteiger partial charge in [-0.2, -0.15) is 0 Å². The predicted octanol–water partition coefficient (Wildman–Crippen LogP) is 2.48. The van der Waals surface area contributed by atoms with E-state index in [-0.39, 0.29) is 0 Å². The molecule has 5 rings (SSSR count). The molecule has 0 radical (unpaired) electrons. The van der Waals surface area contributed by atoms with E-state index in [1.807, 2.05) is 18.3 Å². The molecule has 30 heavy (non-hydrogen) atoms. The third-order valence-corrected chi connectivity index (χ3v) is 5.88. The number of anilines is 2. The second kappa shape index (κ2) is 8.74. The van der Waals surface area contributed by atoms with E-state index < -0.39 is 0 Å². The molecular formula is C21H27N9. The number of hydrogen-bond donors (Lipinski definition) is 3. The Morgan fingerprint density at radius 2 is 1.87 bits per heavy atom. The first-order chi connectivity index (χ1) is 14.8. The van der Waals surface area contributed by atoms with E-state index >= 15 is 0 Å². The van der Waals surface area contributed by atoms with Gasteiger partial charge < -0.3 is 15.5 Å². The third kappa shape index (κ3) is 4.25. The van der Waals surface area contributed by atoms with E-state index in [2.05, 4.69) is 53.3 Å². The minimum Gasteiger partial charge on any atom is -0.367 e. The van der Waals surface area contributed by atoms with Gasteiger partial charge in [0.2, 0.25) is 0 Å². The minimum atomic E-state index is 0.512. The first-order valence-electron chi connectivity index (χ1n) is 10.8. The molecule has 3 N–H and O–H groups in total. The second-order valence-corrected chi connectivity index (χ2v) is 8.00. The zero-order valence-electron chi connectivity index (χ0n) is 17.0. The van der Waals surface area contributed by atoms with Gasteiger partial charge in [-0.3, -0.25) is 0 Å². The molecule has 1 saturated heterocycles. The SMILES string of the molecule is c1cc(-c2cc(-c3nnn[nH]3)cc(N3CCNCC3)n2)cc(NC2CCCCC2)n1. The monoisotopic (exact) mass is 405 g/mol. The van der Waals surface area contributed by atoms with Crippen LogP contribution < -0.4 is 15.5 Å². The van der Waals surface area contributed by atoms with Crippen LogP contribution in [0.5, 0.6) is 0 Å². The number of H-pyrrole nitrogens is 1. The summed E-state index contributed by atoms with van der Waals surface area (Å²) in [6, 6.07) is 8.71. The maximum absolute atomic E-state index is 4.99. The summed E-state index contributed by atoms with van der Waals surface area (Å²) in [4.78, 5) is 11.8. The maximum Gasteiger partial charge on any atom is 0.179 e. The van der Waals surface area contributed by atoms with Crippen LogP contribution in [0.4, 0.5) is 11.6 Å². The van der Waals surface area contributed by atoms with Crippen LogP contribution >= 0.6 is 0 Å². The lowest BCUT2D eigenvalue weighted by molar-refractivity contribution is 0.462. The standard InChI is InChI=1S/C21H27N9/c1-2-4-17(5-3-1)24-19-13-15(6-7-23-19)18-12-16(21-26-28-29-27-21)14-20(25-18)30-10-8-22-9-11-30/h6-7,12-14,17,22H,1-5,8-11H2,(H,23,24)(H,26,27,28,29). The van der Waals surface area contributed by atoms with Crippen LogP contribution in [0.1, 0.15) is 32.1 Å². The van der Waals surface area contributed by atoms with E-state index in [1.54, 1.807) is 0 Å². The molecule has 0 aromatic carbocycles. The van der Waals surface area contributed by atoms with Crippen molar-refractivity contribution in [2.45, 2.75) is 38.1 Å². The molecule has 156 valence electrons. The van der Waals surface area contributed by atoms with Crippen molar-refractivity contribution in [1.29, 1.82) is 0 Å². The third-order valence-electron chi connectivity index (χ3n) is 5.88. The number of piperazine rings is 1. The lowest BCUT2D eigenvalue weighted by Gasteiger charge is -2.29. The van der Waals surface area contributed by atoms with Crippen molar-refractivity contribution in [1.82, 2.24) is 35.9 Å². The van der Waals surface area contributed by atoms with Gasteiger partial charge in [-0.1, -0.05) is 19.3 Å². The number of aromatic nitrogens is 6. The smallest absolute Gasteiger partial charge is 0.179 e. The Labute approximate surface area is 175 Å². The van der Waals surface area contributed by atoms with Crippen molar-refractivity contribution < 1.29 is 0 Å². The van der Waals surface area contributed by atoms with E-state index in [9.17, 15) is 0 Å². The van der Waals surface area contributed by atoms with E-state index in [1.165, 1.54) is 32.1 Å². The van der Waals surface area contributed by atoms with Gasteiger partial charge >= 0.3 is 0 Å². The number of hydrogen-bond acceptors (Lipinski definition) is 8. The van der Waals surface area contributed by atoms with Crippen LogP contribution in [0.15, 0.2) is 30.5 Å². The minimum absolute atomic E-state index is 0.512. The van der Waals surface area contributed by atoms with Gasteiger partial charge in [0.1, 0.15) is 11.6 Å². The normalized spacial score (nSPS) is 17.8. The average Bonchev–Trinajstić information content (AvgIpc) is 3.35. The Balaban J connectivity index is 1.48. The Kier molecular flexibility index (Phi) is 5.52. The van der Waals surface area contributed by atoms with Gasteiger partial charge in [-0.25, -0.2) is 15.1 Å². The first-order valence-corrected chi connectivity index (χ1v) is 10.8. The molecule has 0 amide bonds. The van der Waals surface area contributed by atoms with Crippen LogP contribution in [0.3, 0.4) is 0 Å². The molecule has 9 nitrogen and oxygen atoms in total. The average molecular weight is 406 g/mol. The maximum atomic E-state index is 4.99. The van der Waals surface area contributed by atoms with Gasteiger partial charge in [0.05, 0.1) is 5.69 Å². The Hall–Kier alpha value is -3.07. The summed E-state index contributed by atoms with van der Waals surface area (Å²) in [5, 5.41) is 21.5. The molecule has 2 fully saturated rings. The molecule has 2 aliphatic rings. The van der Waals surface area contributed by atoms with Crippen molar-refractivity contribution in [2.75, 3.05) is 36.4 Å². The number of pyridine rings is 2. The Morgan fingerprint density at radius 1 is 1.00 bits per heavy atom. The van der Waals surface area contributed by atoms with Crippen LogP contribution in [0.25, 0.3) is 22.6 Å². The molecule has 0 bridgehead atoms.